The van der Waals surface area contributed by atoms with E-state index in [-0.39, 0.29) is 16.7 Å². The first-order valence-corrected chi connectivity index (χ1v) is 9.63. The van der Waals surface area contributed by atoms with E-state index in [1.807, 2.05) is 20.8 Å². The summed E-state index contributed by atoms with van der Waals surface area (Å²) in [7, 11) is -3.70. The van der Waals surface area contributed by atoms with E-state index in [0.29, 0.717) is 18.9 Å². The van der Waals surface area contributed by atoms with Crippen LogP contribution in [0.3, 0.4) is 0 Å². The molecule has 2 rings (SSSR count). The molecule has 2 N–H and O–H groups in total. The number of carbonyl (C=O) groups excluding carboxylic acids is 1. The molecular formula is C17H26N2O3S. The SMILES string of the molecule is Cc1ccc(S(=O)(=O)NC(CC(C)C)C(=O)NCC2CC2)cc1. The van der Waals surface area contributed by atoms with E-state index in [2.05, 4.69) is 10.0 Å². The molecule has 0 heterocycles. The molecule has 1 saturated carbocycles. The molecule has 1 aliphatic carbocycles. The molecule has 1 amide bonds. The minimum atomic E-state index is -3.70. The van der Waals surface area contributed by atoms with Crippen molar-refractivity contribution in [2.75, 3.05) is 6.54 Å². The zero-order valence-electron chi connectivity index (χ0n) is 14.0. The van der Waals surface area contributed by atoms with Gasteiger partial charge in [-0.05, 0) is 50.2 Å². The molecule has 1 aliphatic rings. The number of sulfonamides is 1. The normalized spacial score (nSPS) is 16.3. The van der Waals surface area contributed by atoms with Gasteiger partial charge in [-0.25, -0.2) is 8.42 Å². The molecule has 0 aromatic heterocycles. The Kier molecular flexibility index (Phi) is 5.81. The first-order valence-electron chi connectivity index (χ1n) is 8.14. The summed E-state index contributed by atoms with van der Waals surface area (Å²) in [4.78, 5) is 12.5. The van der Waals surface area contributed by atoms with Gasteiger partial charge in [-0.1, -0.05) is 31.5 Å². The van der Waals surface area contributed by atoms with Crippen molar-refractivity contribution in [3.8, 4) is 0 Å². The van der Waals surface area contributed by atoms with Crippen LogP contribution < -0.4 is 10.0 Å². The monoisotopic (exact) mass is 338 g/mol. The second-order valence-corrected chi connectivity index (χ2v) is 8.52. The first-order chi connectivity index (χ1) is 10.8. The topological polar surface area (TPSA) is 75.3 Å². The van der Waals surface area contributed by atoms with E-state index in [9.17, 15) is 13.2 Å². The second kappa shape index (κ2) is 7.45. The lowest BCUT2D eigenvalue weighted by molar-refractivity contribution is -0.123. The molecule has 0 bridgehead atoms. The maximum Gasteiger partial charge on any atom is 0.241 e. The number of hydrogen-bond donors (Lipinski definition) is 2. The van der Waals surface area contributed by atoms with Gasteiger partial charge in [0.1, 0.15) is 6.04 Å². The molecule has 128 valence electrons. The third-order valence-electron chi connectivity index (χ3n) is 3.91. The van der Waals surface area contributed by atoms with E-state index >= 15 is 0 Å². The predicted octanol–water partition coefficient (Wildman–Crippen LogP) is 2.21. The van der Waals surface area contributed by atoms with Crippen molar-refractivity contribution >= 4 is 15.9 Å². The molecule has 0 saturated heterocycles. The molecule has 0 radical (unpaired) electrons. The third kappa shape index (κ3) is 5.62. The summed E-state index contributed by atoms with van der Waals surface area (Å²) in [6.45, 7) is 6.49. The Morgan fingerprint density at radius 2 is 1.83 bits per heavy atom. The lowest BCUT2D eigenvalue weighted by Crippen LogP contribution is -2.47. The lowest BCUT2D eigenvalue weighted by atomic mass is 10.0. The molecule has 1 atom stereocenters. The van der Waals surface area contributed by atoms with Gasteiger partial charge >= 0.3 is 0 Å². The van der Waals surface area contributed by atoms with E-state index < -0.39 is 16.1 Å². The second-order valence-electron chi connectivity index (χ2n) is 6.81. The third-order valence-corrected chi connectivity index (χ3v) is 5.40. The van der Waals surface area contributed by atoms with Crippen LogP contribution in [0.4, 0.5) is 0 Å². The van der Waals surface area contributed by atoms with Gasteiger partial charge in [-0.3, -0.25) is 4.79 Å². The highest BCUT2D eigenvalue weighted by molar-refractivity contribution is 7.89. The van der Waals surface area contributed by atoms with Crippen molar-refractivity contribution in [2.45, 2.75) is 51.0 Å². The molecule has 6 heteroatoms. The molecule has 0 spiro atoms. The summed E-state index contributed by atoms with van der Waals surface area (Å²) in [6, 6.07) is 5.89. The molecule has 1 aromatic rings. The Balaban J connectivity index is 2.08. The highest BCUT2D eigenvalue weighted by Crippen LogP contribution is 2.27. The molecular weight excluding hydrogens is 312 g/mol. The van der Waals surface area contributed by atoms with E-state index in [4.69, 9.17) is 0 Å². The first kappa shape index (κ1) is 17.9. The highest BCUT2D eigenvalue weighted by atomic mass is 32.2. The minimum absolute atomic E-state index is 0.187. The molecule has 0 aliphatic heterocycles. The van der Waals surface area contributed by atoms with Crippen LogP contribution in [0.15, 0.2) is 29.2 Å². The fourth-order valence-corrected chi connectivity index (χ4v) is 3.55. The van der Waals surface area contributed by atoms with Gasteiger partial charge in [0.15, 0.2) is 0 Å². The van der Waals surface area contributed by atoms with Gasteiger partial charge in [0.05, 0.1) is 4.90 Å². The van der Waals surface area contributed by atoms with Crippen LogP contribution in [-0.4, -0.2) is 26.9 Å². The average Bonchev–Trinajstić information content (AvgIpc) is 3.28. The summed E-state index contributed by atoms with van der Waals surface area (Å²) in [5, 5.41) is 2.87. The number of carbonyl (C=O) groups is 1. The Hall–Kier alpha value is -1.40. The summed E-state index contributed by atoms with van der Waals surface area (Å²) in [5.74, 6) is 0.543. The van der Waals surface area contributed by atoms with Gasteiger partial charge in [0.2, 0.25) is 15.9 Å². The van der Waals surface area contributed by atoms with Crippen molar-refractivity contribution in [1.82, 2.24) is 10.0 Å². The quantitative estimate of drug-likeness (QED) is 0.763. The fraction of sp³-hybridized carbons (Fsp3) is 0.588. The van der Waals surface area contributed by atoms with Crippen molar-refractivity contribution in [3.63, 3.8) is 0 Å². The maximum absolute atomic E-state index is 12.5. The van der Waals surface area contributed by atoms with Gasteiger partial charge < -0.3 is 5.32 Å². The summed E-state index contributed by atoms with van der Waals surface area (Å²) in [6.07, 6.45) is 2.76. The Morgan fingerprint density at radius 1 is 1.22 bits per heavy atom. The van der Waals surface area contributed by atoms with Crippen LogP contribution in [0.2, 0.25) is 0 Å². The Bertz CT molecular complexity index is 634. The van der Waals surface area contributed by atoms with E-state index in [1.54, 1.807) is 24.3 Å². The van der Waals surface area contributed by atoms with Gasteiger partial charge in [-0.15, -0.1) is 0 Å². The Labute approximate surface area is 138 Å². The summed E-state index contributed by atoms with van der Waals surface area (Å²) < 4.78 is 27.6. The predicted molar refractivity (Wildman–Crippen MR) is 90.5 cm³/mol. The van der Waals surface area contributed by atoms with E-state index in [1.165, 1.54) is 0 Å². The van der Waals surface area contributed by atoms with Gasteiger partial charge in [-0.2, -0.15) is 4.72 Å². The largest absolute Gasteiger partial charge is 0.354 e. The molecule has 1 unspecified atom stereocenters. The van der Waals surface area contributed by atoms with Gasteiger partial charge in [0, 0.05) is 6.54 Å². The standard InChI is InChI=1S/C17H26N2O3S/c1-12(2)10-16(17(20)18-11-14-6-7-14)19-23(21,22)15-8-4-13(3)5-9-15/h4-5,8-9,12,14,16,19H,6-7,10-11H2,1-3H3,(H,18,20). The van der Waals surface area contributed by atoms with Crippen molar-refractivity contribution in [1.29, 1.82) is 0 Å². The maximum atomic E-state index is 12.5. The van der Waals surface area contributed by atoms with Crippen LogP contribution in [0.1, 0.15) is 38.7 Å². The van der Waals surface area contributed by atoms with Crippen LogP contribution in [0.25, 0.3) is 0 Å². The van der Waals surface area contributed by atoms with Gasteiger partial charge in [0.25, 0.3) is 0 Å². The van der Waals surface area contributed by atoms with Crippen LogP contribution in [0, 0.1) is 18.8 Å². The zero-order chi connectivity index (χ0) is 17.0. The smallest absolute Gasteiger partial charge is 0.241 e. The molecule has 23 heavy (non-hydrogen) atoms. The van der Waals surface area contributed by atoms with Crippen molar-refractivity contribution in [3.05, 3.63) is 29.8 Å². The molecule has 1 aromatic carbocycles. The van der Waals surface area contributed by atoms with Crippen LogP contribution >= 0.6 is 0 Å². The summed E-state index contributed by atoms with van der Waals surface area (Å²) in [5.41, 5.74) is 0.991. The number of nitrogens with one attached hydrogen (secondary N) is 2. The van der Waals surface area contributed by atoms with Crippen LogP contribution in [0.5, 0.6) is 0 Å². The zero-order valence-corrected chi connectivity index (χ0v) is 14.8. The molecule has 5 nitrogen and oxygen atoms in total. The fourth-order valence-electron chi connectivity index (χ4n) is 2.34. The minimum Gasteiger partial charge on any atom is -0.354 e. The van der Waals surface area contributed by atoms with Crippen LogP contribution in [-0.2, 0) is 14.8 Å². The summed E-state index contributed by atoms with van der Waals surface area (Å²) >= 11 is 0. The molecule has 1 fully saturated rings. The highest BCUT2D eigenvalue weighted by Gasteiger charge is 2.28. The van der Waals surface area contributed by atoms with Crippen molar-refractivity contribution < 1.29 is 13.2 Å². The van der Waals surface area contributed by atoms with E-state index in [0.717, 1.165) is 18.4 Å². The number of aryl methyl sites for hydroxylation is 1. The van der Waals surface area contributed by atoms with Crippen molar-refractivity contribution in [2.24, 2.45) is 11.8 Å². The number of rotatable bonds is 8. The number of amides is 1. The average molecular weight is 338 g/mol. The Morgan fingerprint density at radius 3 is 2.35 bits per heavy atom. The number of benzene rings is 1. The lowest BCUT2D eigenvalue weighted by Gasteiger charge is -2.20. The number of hydrogen-bond acceptors (Lipinski definition) is 3.